The van der Waals surface area contributed by atoms with Crippen molar-refractivity contribution >= 4 is 34.7 Å². The molecule has 2 rings (SSSR count). The maximum atomic E-state index is 11.7. The number of aryl methyl sites for hydroxylation is 1. The summed E-state index contributed by atoms with van der Waals surface area (Å²) in [4.78, 5) is 11.7. The van der Waals surface area contributed by atoms with Gasteiger partial charge in [0, 0.05) is 3.57 Å². The molecule has 102 valence electrons. The molecule has 0 aromatic heterocycles. The maximum absolute atomic E-state index is 11.7. The molecule has 3 nitrogen and oxygen atoms in total. The number of halogens is 1. The van der Waals surface area contributed by atoms with Gasteiger partial charge in [-0.15, -0.1) is 0 Å². The molecule has 1 N–H and O–H groups in total. The van der Waals surface area contributed by atoms with Gasteiger partial charge in [0.1, 0.15) is 0 Å². The zero-order valence-corrected chi connectivity index (χ0v) is 13.3. The second kappa shape index (κ2) is 7.19. The summed E-state index contributed by atoms with van der Waals surface area (Å²) in [5.41, 5.74) is 5.67. The van der Waals surface area contributed by atoms with E-state index in [0.717, 1.165) is 11.1 Å². The van der Waals surface area contributed by atoms with Crippen LogP contribution in [0.2, 0.25) is 0 Å². The van der Waals surface area contributed by atoms with E-state index in [1.54, 1.807) is 6.21 Å². The summed E-state index contributed by atoms with van der Waals surface area (Å²) in [5, 5.41) is 3.96. The SMILES string of the molecule is Cc1ccc(CC(=O)N/N=C/c2ccc(I)cc2)cc1. The third-order valence-corrected chi connectivity index (χ3v) is 3.48. The summed E-state index contributed by atoms with van der Waals surface area (Å²) in [6.07, 6.45) is 1.98. The molecule has 0 radical (unpaired) electrons. The summed E-state index contributed by atoms with van der Waals surface area (Å²) >= 11 is 2.25. The van der Waals surface area contributed by atoms with Gasteiger partial charge >= 0.3 is 0 Å². The molecule has 0 fully saturated rings. The van der Waals surface area contributed by atoms with Gasteiger partial charge in [-0.05, 0) is 52.8 Å². The van der Waals surface area contributed by atoms with Crippen LogP contribution in [-0.2, 0) is 11.2 Å². The molecule has 0 aliphatic heterocycles. The number of hydrazone groups is 1. The summed E-state index contributed by atoms with van der Waals surface area (Å²) in [5.74, 6) is -0.115. The zero-order chi connectivity index (χ0) is 14.4. The highest BCUT2D eigenvalue weighted by Gasteiger charge is 2.01. The van der Waals surface area contributed by atoms with Gasteiger partial charge in [-0.3, -0.25) is 4.79 Å². The Kier molecular flexibility index (Phi) is 5.29. The van der Waals surface area contributed by atoms with Crippen molar-refractivity contribution in [1.82, 2.24) is 5.43 Å². The van der Waals surface area contributed by atoms with Crippen molar-refractivity contribution in [3.05, 3.63) is 68.8 Å². The van der Waals surface area contributed by atoms with Crippen molar-refractivity contribution in [2.24, 2.45) is 5.10 Å². The van der Waals surface area contributed by atoms with E-state index in [1.165, 1.54) is 9.13 Å². The highest BCUT2D eigenvalue weighted by Crippen LogP contribution is 2.05. The van der Waals surface area contributed by atoms with Crippen molar-refractivity contribution in [2.75, 3.05) is 0 Å². The molecule has 2 aromatic rings. The Morgan fingerprint density at radius 1 is 1.15 bits per heavy atom. The van der Waals surface area contributed by atoms with E-state index in [2.05, 4.69) is 33.1 Å². The number of rotatable bonds is 4. The van der Waals surface area contributed by atoms with Crippen LogP contribution in [0.25, 0.3) is 0 Å². The number of nitrogens with zero attached hydrogens (tertiary/aromatic N) is 1. The Balaban J connectivity index is 1.85. The van der Waals surface area contributed by atoms with Gasteiger partial charge in [0.25, 0.3) is 0 Å². The number of hydrogen-bond acceptors (Lipinski definition) is 2. The van der Waals surface area contributed by atoms with Gasteiger partial charge in [0.15, 0.2) is 0 Å². The second-order valence-corrected chi connectivity index (χ2v) is 5.75. The highest BCUT2D eigenvalue weighted by atomic mass is 127. The summed E-state index contributed by atoms with van der Waals surface area (Å²) < 4.78 is 1.17. The topological polar surface area (TPSA) is 41.5 Å². The number of nitrogens with one attached hydrogen (secondary N) is 1. The molecule has 20 heavy (non-hydrogen) atoms. The molecule has 4 heteroatoms. The molecule has 0 unspecified atom stereocenters. The lowest BCUT2D eigenvalue weighted by atomic mass is 10.1. The van der Waals surface area contributed by atoms with E-state index in [4.69, 9.17) is 0 Å². The van der Waals surface area contributed by atoms with Gasteiger partial charge in [0.05, 0.1) is 12.6 Å². The molecule has 0 bridgehead atoms. The molecule has 0 spiro atoms. The summed E-state index contributed by atoms with van der Waals surface area (Å²) in [7, 11) is 0. The third kappa shape index (κ3) is 4.77. The van der Waals surface area contributed by atoms with E-state index in [0.29, 0.717) is 6.42 Å². The largest absolute Gasteiger partial charge is 0.273 e. The van der Waals surface area contributed by atoms with E-state index < -0.39 is 0 Å². The van der Waals surface area contributed by atoms with Crippen LogP contribution in [0.5, 0.6) is 0 Å². The van der Waals surface area contributed by atoms with Crippen molar-refractivity contribution in [3.8, 4) is 0 Å². The van der Waals surface area contributed by atoms with E-state index in [1.807, 2.05) is 55.5 Å². The first-order valence-electron chi connectivity index (χ1n) is 6.26. The van der Waals surface area contributed by atoms with Gasteiger partial charge in [0.2, 0.25) is 5.91 Å². The maximum Gasteiger partial charge on any atom is 0.244 e. The number of amides is 1. The third-order valence-electron chi connectivity index (χ3n) is 2.76. The van der Waals surface area contributed by atoms with Crippen molar-refractivity contribution < 1.29 is 4.79 Å². The molecule has 0 heterocycles. The molecular formula is C16H15IN2O. The number of benzene rings is 2. The Morgan fingerprint density at radius 3 is 2.45 bits per heavy atom. The molecule has 0 aliphatic rings. The monoisotopic (exact) mass is 378 g/mol. The predicted molar refractivity (Wildman–Crippen MR) is 89.8 cm³/mol. The van der Waals surface area contributed by atoms with Crippen LogP contribution in [0.4, 0.5) is 0 Å². The first-order chi connectivity index (χ1) is 9.63. The number of carbonyl (C=O) groups excluding carboxylic acids is 1. The quantitative estimate of drug-likeness (QED) is 0.495. The van der Waals surface area contributed by atoms with Crippen LogP contribution in [0.3, 0.4) is 0 Å². The van der Waals surface area contributed by atoms with E-state index >= 15 is 0 Å². The fourth-order valence-electron chi connectivity index (χ4n) is 1.66. The molecule has 0 atom stereocenters. The Morgan fingerprint density at radius 2 is 1.80 bits per heavy atom. The van der Waals surface area contributed by atoms with Gasteiger partial charge in [-0.1, -0.05) is 42.0 Å². The van der Waals surface area contributed by atoms with Crippen LogP contribution in [0.1, 0.15) is 16.7 Å². The smallest absolute Gasteiger partial charge is 0.244 e. The molecule has 0 saturated heterocycles. The fourth-order valence-corrected chi connectivity index (χ4v) is 2.02. The van der Waals surface area contributed by atoms with Crippen LogP contribution in [0.15, 0.2) is 53.6 Å². The lowest BCUT2D eigenvalue weighted by molar-refractivity contribution is -0.120. The van der Waals surface area contributed by atoms with Crippen LogP contribution in [-0.4, -0.2) is 12.1 Å². The lowest BCUT2D eigenvalue weighted by Crippen LogP contribution is -2.19. The van der Waals surface area contributed by atoms with Crippen LogP contribution in [0, 0.1) is 10.5 Å². The minimum absolute atomic E-state index is 0.115. The van der Waals surface area contributed by atoms with E-state index in [-0.39, 0.29) is 5.91 Å². The fraction of sp³-hybridized carbons (Fsp3) is 0.125. The van der Waals surface area contributed by atoms with Gasteiger partial charge in [-0.25, -0.2) is 5.43 Å². The minimum atomic E-state index is -0.115. The van der Waals surface area contributed by atoms with Crippen LogP contribution >= 0.6 is 22.6 Å². The second-order valence-electron chi connectivity index (χ2n) is 4.51. The van der Waals surface area contributed by atoms with E-state index in [9.17, 15) is 4.79 Å². The lowest BCUT2D eigenvalue weighted by Gasteiger charge is -2.01. The summed E-state index contributed by atoms with van der Waals surface area (Å²) in [6.45, 7) is 2.02. The highest BCUT2D eigenvalue weighted by molar-refractivity contribution is 14.1. The van der Waals surface area contributed by atoms with Crippen molar-refractivity contribution in [1.29, 1.82) is 0 Å². The average Bonchev–Trinajstić information content (AvgIpc) is 2.44. The van der Waals surface area contributed by atoms with Crippen LogP contribution < -0.4 is 5.43 Å². The zero-order valence-electron chi connectivity index (χ0n) is 11.1. The number of carbonyl (C=O) groups is 1. The average molecular weight is 378 g/mol. The molecule has 2 aromatic carbocycles. The molecular weight excluding hydrogens is 363 g/mol. The van der Waals surface area contributed by atoms with Gasteiger partial charge in [-0.2, -0.15) is 5.10 Å². The predicted octanol–water partition coefficient (Wildman–Crippen LogP) is 3.29. The normalized spacial score (nSPS) is 10.7. The Labute approximate surface area is 132 Å². The molecule has 1 amide bonds. The first kappa shape index (κ1) is 14.7. The van der Waals surface area contributed by atoms with Crippen molar-refractivity contribution in [2.45, 2.75) is 13.3 Å². The standard InChI is InChI=1S/C16H15IN2O/c1-12-2-4-13(5-3-12)10-16(20)19-18-11-14-6-8-15(17)9-7-14/h2-9,11H,10H2,1H3,(H,19,20)/b18-11+. The minimum Gasteiger partial charge on any atom is -0.273 e. The summed E-state index contributed by atoms with van der Waals surface area (Å²) in [6, 6.07) is 15.8. The van der Waals surface area contributed by atoms with Gasteiger partial charge < -0.3 is 0 Å². The first-order valence-corrected chi connectivity index (χ1v) is 7.34. The Hall–Kier alpha value is -1.69. The molecule has 0 aliphatic carbocycles. The van der Waals surface area contributed by atoms with Crippen molar-refractivity contribution in [3.63, 3.8) is 0 Å². The Bertz CT molecular complexity index is 603. The number of hydrogen-bond donors (Lipinski definition) is 1. The molecule has 0 saturated carbocycles.